The summed E-state index contributed by atoms with van der Waals surface area (Å²) in [7, 11) is 2.12. The summed E-state index contributed by atoms with van der Waals surface area (Å²) in [5.41, 5.74) is 4.17. The predicted molar refractivity (Wildman–Crippen MR) is 154 cm³/mol. The molecule has 40 heavy (non-hydrogen) atoms. The lowest BCUT2D eigenvalue weighted by Crippen LogP contribution is -2.22. The van der Waals surface area contributed by atoms with Crippen LogP contribution in [0.25, 0.3) is 0 Å². The lowest BCUT2D eigenvalue weighted by atomic mass is 9.88. The molecule has 1 unspecified atom stereocenters. The number of halogens is 1. The maximum absolute atomic E-state index is 14.7. The van der Waals surface area contributed by atoms with E-state index in [2.05, 4.69) is 53.0 Å². The number of likely N-dealkylation sites (tertiary alicyclic amines) is 1. The van der Waals surface area contributed by atoms with Crippen molar-refractivity contribution in [2.24, 2.45) is 4.99 Å². The third kappa shape index (κ3) is 6.07. The summed E-state index contributed by atoms with van der Waals surface area (Å²) in [6, 6.07) is 12.4. The van der Waals surface area contributed by atoms with Gasteiger partial charge in [-0.2, -0.15) is 0 Å². The number of nitrogens with zero attached hydrogens (tertiary/aromatic N) is 4. The van der Waals surface area contributed by atoms with Crippen LogP contribution in [0, 0.1) is 5.82 Å². The first-order valence-electron chi connectivity index (χ1n) is 13.6. The second-order valence-electron chi connectivity index (χ2n) is 11.5. The molecule has 0 radical (unpaired) electrons. The number of pyridine rings is 2. The van der Waals surface area contributed by atoms with Crippen molar-refractivity contribution in [3.63, 3.8) is 0 Å². The van der Waals surface area contributed by atoms with E-state index in [0.717, 1.165) is 24.1 Å². The lowest BCUT2D eigenvalue weighted by molar-refractivity contribution is -0.114. The molecule has 0 amide bonds. The van der Waals surface area contributed by atoms with Crippen molar-refractivity contribution in [3.8, 4) is 0 Å². The number of ketones is 2. The summed E-state index contributed by atoms with van der Waals surface area (Å²) in [4.78, 5) is 41.1. The molecule has 1 saturated heterocycles. The Balaban J connectivity index is 1.31. The van der Waals surface area contributed by atoms with Crippen LogP contribution in [-0.2, 0) is 16.6 Å². The number of dihydropyridines is 1. The van der Waals surface area contributed by atoms with E-state index in [1.54, 1.807) is 30.5 Å². The minimum Gasteiger partial charge on any atom is -0.337 e. The second-order valence-corrected chi connectivity index (χ2v) is 11.5. The van der Waals surface area contributed by atoms with Crippen molar-refractivity contribution in [2.75, 3.05) is 25.5 Å². The van der Waals surface area contributed by atoms with Crippen LogP contribution in [0.5, 0.6) is 0 Å². The molecule has 5 rings (SSSR count). The first-order chi connectivity index (χ1) is 19.1. The molecule has 3 aromatic rings. The SMILES string of the molecule is CN1CCCC1c1ccc(NC2=CC(c3ccc(F)c(CC(=O)c4ccc(C(C)(C)C)cn4)c3)=NCC2=O)nc1. The molecule has 0 bridgehead atoms. The molecule has 4 heterocycles. The largest absolute Gasteiger partial charge is 0.337 e. The number of anilines is 1. The number of carbonyl (C=O) groups is 2. The van der Waals surface area contributed by atoms with E-state index >= 15 is 0 Å². The summed E-state index contributed by atoms with van der Waals surface area (Å²) in [5, 5.41) is 3.12. The first-order valence-corrected chi connectivity index (χ1v) is 13.6. The summed E-state index contributed by atoms with van der Waals surface area (Å²) < 4.78 is 14.7. The standard InChI is InChI=1S/C32H34FN5O2/c1-32(2,3)23-9-11-25(34-18-23)29(39)15-22-14-20(7-10-24(22)33)26-16-27(30(40)19-35-26)37-31-12-8-21(17-36-31)28-6-5-13-38(28)4/h7-12,14,16-18,28H,5-6,13,15,19H2,1-4H3,(H,36,37). The summed E-state index contributed by atoms with van der Waals surface area (Å²) >= 11 is 0. The maximum Gasteiger partial charge on any atom is 0.200 e. The number of rotatable bonds is 7. The molecule has 1 fully saturated rings. The molecular weight excluding hydrogens is 505 g/mol. The highest BCUT2D eigenvalue weighted by atomic mass is 19.1. The minimum atomic E-state index is -0.476. The zero-order valence-electron chi connectivity index (χ0n) is 23.4. The van der Waals surface area contributed by atoms with Gasteiger partial charge in [-0.3, -0.25) is 24.5 Å². The van der Waals surface area contributed by atoms with Gasteiger partial charge in [-0.25, -0.2) is 9.37 Å². The molecule has 1 aromatic carbocycles. The van der Waals surface area contributed by atoms with Gasteiger partial charge in [0.2, 0.25) is 0 Å². The van der Waals surface area contributed by atoms with Gasteiger partial charge in [-0.15, -0.1) is 0 Å². The van der Waals surface area contributed by atoms with Crippen molar-refractivity contribution in [1.82, 2.24) is 14.9 Å². The Morgan fingerprint density at radius 3 is 2.58 bits per heavy atom. The molecular formula is C32H34FN5O2. The van der Waals surface area contributed by atoms with Gasteiger partial charge in [0.1, 0.15) is 23.9 Å². The zero-order chi connectivity index (χ0) is 28.4. The van der Waals surface area contributed by atoms with Gasteiger partial charge < -0.3 is 5.32 Å². The normalized spacial score (nSPS) is 17.9. The first kappa shape index (κ1) is 27.5. The molecule has 1 N–H and O–H groups in total. The van der Waals surface area contributed by atoms with Crippen molar-refractivity contribution in [1.29, 1.82) is 0 Å². The van der Waals surface area contributed by atoms with Crippen LogP contribution in [0.2, 0.25) is 0 Å². The molecule has 2 aliphatic rings. The Bertz CT molecular complexity index is 1490. The third-order valence-corrected chi connectivity index (χ3v) is 7.54. The predicted octanol–water partition coefficient (Wildman–Crippen LogP) is 5.47. The van der Waals surface area contributed by atoms with E-state index in [1.165, 1.54) is 12.5 Å². The van der Waals surface area contributed by atoms with E-state index in [9.17, 15) is 14.0 Å². The third-order valence-electron chi connectivity index (χ3n) is 7.54. The number of hydrogen-bond donors (Lipinski definition) is 1. The molecule has 0 aliphatic carbocycles. The highest BCUT2D eigenvalue weighted by Crippen LogP contribution is 2.30. The van der Waals surface area contributed by atoms with E-state index in [-0.39, 0.29) is 35.5 Å². The maximum atomic E-state index is 14.7. The average Bonchev–Trinajstić information content (AvgIpc) is 3.37. The van der Waals surface area contributed by atoms with Gasteiger partial charge in [-0.05, 0) is 84.9 Å². The Kier molecular flexibility index (Phi) is 7.72. The average molecular weight is 540 g/mol. The fourth-order valence-corrected chi connectivity index (χ4v) is 5.07. The minimum absolute atomic E-state index is 0.0329. The molecule has 1 atom stereocenters. The number of nitrogens with one attached hydrogen (secondary N) is 1. The molecule has 2 aromatic heterocycles. The van der Waals surface area contributed by atoms with Gasteiger partial charge in [0.15, 0.2) is 11.6 Å². The van der Waals surface area contributed by atoms with Gasteiger partial charge >= 0.3 is 0 Å². The van der Waals surface area contributed by atoms with Gasteiger partial charge in [0.05, 0.1) is 11.4 Å². The number of hydrogen-bond acceptors (Lipinski definition) is 7. The molecule has 206 valence electrons. The van der Waals surface area contributed by atoms with Gasteiger partial charge in [0, 0.05) is 30.4 Å². The van der Waals surface area contributed by atoms with E-state index in [0.29, 0.717) is 34.5 Å². The quantitative estimate of drug-likeness (QED) is 0.401. The lowest BCUT2D eigenvalue weighted by Gasteiger charge is -2.20. The smallest absolute Gasteiger partial charge is 0.200 e. The van der Waals surface area contributed by atoms with Crippen molar-refractivity contribution < 1.29 is 14.0 Å². The number of aromatic nitrogens is 2. The van der Waals surface area contributed by atoms with Crippen molar-refractivity contribution in [3.05, 3.63) is 100 Å². The monoisotopic (exact) mass is 539 g/mol. The number of benzene rings is 1. The van der Waals surface area contributed by atoms with E-state index in [4.69, 9.17) is 0 Å². The highest BCUT2D eigenvalue weighted by molar-refractivity contribution is 6.17. The summed E-state index contributed by atoms with van der Waals surface area (Å²) in [6.45, 7) is 7.27. The van der Waals surface area contributed by atoms with Crippen LogP contribution in [0.1, 0.15) is 72.4 Å². The van der Waals surface area contributed by atoms with Crippen LogP contribution in [-0.4, -0.2) is 52.3 Å². The highest BCUT2D eigenvalue weighted by Gasteiger charge is 2.23. The zero-order valence-corrected chi connectivity index (χ0v) is 23.4. The van der Waals surface area contributed by atoms with Crippen LogP contribution < -0.4 is 5.32 Å². The number of carbonyl (C=O) groups excluding carboxylic acids is 2. The molecule has 0 saturated carbocycles. The van der Waals surface area contributed by atoms with Gasteiger partial charge in [-0.1, -0.05) is 32.9 Å². The topological polar surface area (TPSA) is 87.5 Å². The number of allylic oxidation sites excluding steroid dienone is 1. The fraction of sp³-hybridized carbons (Fsp3) is 0.344. The van der Waals surface area contributed by atoms with Crippen LogP contribution in [0.3, 0.4) is 0 Å². The molecule has 0 spiro atoms. The second kappa shape index (κ2) is 11.2. The van der Waals surface area contributed by atoms with Crippen LogP contribution in [0.4, 0.5) is 10.2 Å². The Labute approximate surface area is 234 Å². The summed E-state index contributed by atoms with van der Waals surface area (Å²) in [6.07, 6.45) is 7.35. The van der Waals surface area contributed by atoms with Gasteiger partial charge in [0.25, 0.3) is 0 Å². The Morgan fingerprint density at radius 1 is 1.10 bits per heavy atom. The van der Waals surface area contributed by atoms with Crippen molar-refractivity contribution in [2.45, 2.75) is 51.5 Å². The fourth-order valence-electron chi connectivity index (χ4n) is 5.07. The number of aliphatic imine (C=N–C) groups is 1. The molecule has 8 heteroatoms. The summed E-state index contributed by atoms with van der Waals surface area (Å²) in [5.74, 6) is -0.336. The van der Waals surface area contributed by atoms with E-state index < -0.39 is 5.82 Å². The Morgan fingerprint density at radius 2 is 1.93 bits per heavy atom. The van der Waals surface area contributed by atoms with Crippen molar-refractivity contribution >= 4 is 23.1 Å². The van der Waals surface area contributed by atoms with Crippen LogP contribution in [0.15, 0.2) is 71.6 Å². The van der Waals surface area contributed by atoms with E-state index in [1.807, 2.05) is 24.4 Å². The van der Waals surface area contributed by atoms with Crippen LogP contribution >= 0.6 is 0 Å². The molecule has 7 nitrogen and oxygen atoms in total. The molecule has 2 aliphatic heterocycles. The number of Topliss-reactive ketones (excluding diaryl/α,β-unsaturated/α-hetero) is 2. The Hall–Kier alpha value is -4.04.